The van der Waals surface area contributed by atoms with Gasteiger partial charge in [-0.3, -0.25) is 4.79 Å². The molecular weight excluding hydrogens is 195 g/mol. The Hall–Kier alpha value is -1.89. The van der Waals surface area contributed by atoms with Gasteiger partial charge in [-0.15, -0.1) is 0 Å². The molecule has 0 aliphatic carbocycles. The number of carbonyl (C=O) groups excluding carboxylic acids is 1. The van der Waals surface area contributed by atoms with Gasteiger partial charge in [0.25, 0.3) is 0 Å². The molecule has 4 heteroatoms. The quantitative estimate of drug-likeness (QED) is 0.825. The summed E-state index contributed by atoms with van der Waals surface area (Å²) in [5.74, 6) is -1.02. The molecule has 1 aromatic carbocycles. The van der Waals surface area contributed by atoms with Crippen LogP contribution >= 0.6 is 0 Å². The monoisotopic (exact) mass is 206 g/mol. The fourth-order valence-electron chi connectivity index (χ4n) is 1.10. The summed E-state index contributed by atoms with van der Waals surface area (Å²) in [7, 11) is 0. The zero-order valence-corrected chi connectivity index (χ0v) is 8.33. The highest BCUT2D eigenvalue weighted by molar-refractivity contribution is 5.90. The molecule has 0 bridgehead atoms. The Morgan fingerprint density at radius 2 is 2.40 bits per heavy atom. The molecule has 1 atom stereocenters. The van der Waals surface area contributed by atoms with Crippen molar-refractivity contribution in [2.45, 2.75) is 13.3 Å². The van der Waals surface area contributed by atoms with Gasteiger partial charge in [0.15, 0.2) is 0 Å². The first-order valence-corrected chi connectivity index (χ1v) is 4.57. The van der Waals surface area contributed by atoms with E-state index in [1.165, 1.54) is 18.2 Å². The van der Waals surface area contributed by atoms with E-state index >= 15 is 0 Å². The third kappa shape index (κ3) is 3.77. The van der Waals surface area contributed by atoms with Crippen LogP contribution in [0.4, 0.5) is 10.1 Å². The predicted octanol–water partition coefficient (Wildman–Crippen LogP) is 2.31. The van der Waals surface area contributed by atoms with E-state index in [0.29, 0.717) is 5.69 Å². The normalized spacial score (nSPS) is 11.5. The fraction of sp³-hybridized carbons (Fsp3) is 0.273. The minimum absolute atomic E-state index is 0.118. The van der Waals surface area contributed by atoms with Crippen molar-refractivity contribution in [2.75, 3.05) is 5.32 Å². The average molecular weight is 206 g/mol. The summed E-state index contributed by atoms with van der Waals surface area (Å²) in [5.41, 5.74) is 0.408. The molecular formula is C11H11FN2O. The molecule has 0 radical (unpaired) electrons. The van der Waals surface area contributed by atoms with Gasteiger partial charge in [-0.25, -0.2) is 4.39 Å². The van der Waals surface area contributed by atoms with Gasteiger partial charge in [0.05, 0.1) is 12.0 Å². The number of nitriles is 1. The Morgan fingerprint density at radius 3 is 3.00 bits per heavy atom. The van der Waals surface area contributed by atoms with E-state index < -0.39 is 5.82 Å². The van der Waals surface area contributed by atoms with E-state index in [2.05, 4.69) is 5.32 Å². The molecule has 0 fully saturated rings. The third-order valence-corrected chi connectivity index (χ3v) is 1.82. The van der Waals surface area contributed by atoms with Crippen LogP contribution in [0.5, 0.6) is 0 Å². The van der Waals surface area contributed by atoms with Crippen molar-refractivity contribution < 1.29 is 9.18 Å². The van der Waals surface area contributed by atoms with Crippen LogP contribution in [0, 0.1) is 23.1 Å². The number of nitrogens with one attached hydrogen (secondary N) is 1. The van der Waals surface area contributed by atoms with Crippen molar-refractivity contribution in [1.82, 2.24) is 0 Å². The van der Waals surface area contributed by atoms with Gasteiger partial charge in [0.2, 0.25) is 5.91 Å². The molecule has 3 nitrogen and oxygen atoms in total. The molecule has 0 saturated carbocycles. The largest absolute Gasteiger partial charge is 0.326 e. The third-order valence-electron chi connectivity index (χ3n) is 1.82. The number of nitrogens with zero attached hydrogens (tertiary/aromatic N) is 1. The summed E-state index contributed by atoms with van der Waals surface area (Å²) >= 11 is 0. The van der Waals surface area contributed by atoms with Gasteiger partial charge in [-0.2, -0.15) is 5.26 Å². The molecule has 0 heterocycles. The fourth-order valence-corrected chi connectivity index (χ4v) is 1.10. The first-order chi connectivity index (χ1) is 7.11. The number of carbonyl (C=O) groups is 1. The van der Waals surface area contributed by atoms with Crippen LogP contribution in [0.15, 0.2) is 24.3 Å². The maximum Gasteiger partial charge on any atom is 0.225 e. The van der Waals surface area contributed by atoms with E-state index in [0.717, 1.165) is 0 Å². The molecule has 0 aliphatic rings. The minimum atomic E-state index is -0.402. The summed E-state index contributed by atoms with van der Waals surface area (Å²) in [6, 6.07) is 7.60. The smallest absolute Gasteiger partial charge is 0.225 e. The molecule has 1 N–H and O–H groups in total. The molecule has 78 valence electrons. The Kier molecular flexibility index (Phi) is 3.81. The molecule has 15 heavy (non-hydrogen) atoms. The lowest BCUT2D eigenvalue weighted by molar-refractivity contribution is -0.116. The number of halogens is 1. The summed E-state index contributed by atoms with van der Waals surface area (Å²) in [6.07, 6.45) is 0.118. The van der Waals surface area contributed by atoms with Crippen molar-refractivity contribution in [3.8, 4) is 6.07 Å². The standard InChI is InChI=1S/C11H11FN2O/c1-8(7-13)5-11(15)14-10-4-2-3-9(12)6-10/h2-4,6,8H,5H2,1H3,(H,14,15). The van der Waals surface area contributed by atoms with Crippen molar-refractivity contribution in [3.05, 3.63) is 30.1 Å². The van der Waals surface area contributed by atoms with Crippen LogP contribution in [-0.4, -0.2) is 5.91 Å². The number of benzene rings is 1. The molecule has 1 aromatic rings. The van der Waals surface area contributed by atoms with Gasteiger partial charge in [-0.05, 0) is 25.1 Å². The van der Waals surface area contributed by atoms with E-state index in [-0.39, 0.29) is 18.2 Å². The summed E-state index contributed by atoms with van der Waals surface area (Å²) in [5, 5.41) is 11.0. The zero-order chi connectivity index (χ0) is 11.3. The van der Waals surface area contributed by atoms with Crippen LogP contribution in [0.25, 0.3) is 0 Å². The lowest BCUT2D eigenvalue weighted by atomic mass is 10.1. The van der Waals surface area contributed by atoms with Gasteiger partial charge in [-0.1, -0.05) is 6.07 Å². The van der Waals surface area contributed by atoms with Crippen LogP contribution in [0.2, 0.25) is 0 Å². The predicted molar refractivity (Wildman–Crippen MR) is 54.4 cm³/mol. The molecule has 0 aliphatic heterocycles. The second-order valence-corrected chi connectivity index (χ2v) is 3.29. The molecule has 0 saturated heterocycles. The van der Waals surface area contributed by atoms with Gasteiger partial charge < -0.3 is 5.32 Å². The van der Waals surface area contributed by atoms with Gasteiger partial charge in [0.1, 0.15) is 5.82 Å². The average Bonchev–Trinajstić information content (AvgIpc) is 2.17. The number of hydrogen-bond donors (Lipinski definition) is 1. The van der Waals surface area contributed by atoms with E-state index in [1.54, 1.807) is 13.0 Å². The highest BCUT2D eigenvalue weighted by Gasteiger charge is 2.08. The summed E-state index contributed by atoms with van der Waals surface area (Å²) < 4.78 is 12.7. The number of rotatable bonds is 3. The van der Waals surface area contributed by atoms with Crippen molar-refractivity contribution in [3.63, 3.8) is 0 Å². The highest BCUT2D eigenvalue weighted by atomic mass is 19.1. The van der Waals surface area contributed by atoms with Gasteiger partial charge >= 0.3 is 0 Å². The summed E-state index contributed by atoms with van der Waals surface area (Å²) in [6.45, 7) is 1.66. The maximum absolute atomic E-state index is 12.7. The van der Waals surface area contributed by atoms with Crippen molar-refractivity contribution in [1.29, 1.82) is 5.26 Å². The van der Waals surface area contributed by atoms with Crippen LogP contribution in [0.1, 0.15) is 13.3 Å². The van der Waals surface area contributed by atoms with E-state index in [9.17, 15) is 9.18 Å². The van der Waals surface area contributed by atoms with Gasteiger partial charge in [0, 0.05) is 12.1 Å². The first kappa shape index (κ1) is 11.2. The molecule has 1 amide bonds. The molecule has 0 spiro atoms. The number of amides is 1. The second-order valence-electron chi connectivity index (χ2n) is 3.29. The van der Waals surface area contributed by atoms with Crippen LogP contribution < -0.4 is 5.32 Å². The van der Waals surface area contributed by atoms with E-state index in [1.807, 2.05) is 6.07 Å². The van der Waals surface area contributed by atoms with E-state index in [4.69, 9.17) is 5.26 Å². The summed E-state index contributed by atoms with van der Waals surface area (Å²) in [4.78, 5) is 11.3. The molecule has 1 unspecified atom stereocenters. The highest BCUT2D eigenvalue weighted by Crippen LogP contribution is 2.10. The molecule has 1 rings (SSSR count). The van der Waals surface area contributed by atoms with Crippen LogP contribution in [0.3, 0.4) is 0 Å². The second kappa shape index (κ2) is 5.11. The lowest BCUT2D eigenvalue weighted by Crippen LogP contribution is -2.14. The SMILES string of the molecule is CC(C#N)CC(=O)Nc1cccc(F)c1. The Bertz CT molecular complexity index is 398. The minimum Gasteiger partial charge on any atom is -0.326 e. The topological polar surface area (TPSA) is 52.9 Å². The van der Waals surface area contributed by atoms with Crippen molar-refractivity contribution in [2.24, 2.45) is 5.92 Å². The number of anilines is 1. The molecule has 0 aromatic heterocycles. The maximum atomic E-state index is 12.7. The zero-order valence-electron chi connectivity index (χ0n) is 8.33. The number of hydrogen-bond acceptors (Lipinski definition) is 2. The Morgan fingerprint density at radius 1 is 1.67 bits per heavy atom. The first-order valence-electron chi connectivity index (χ1n) is 4.57. The Balaban J connectivity index is 2.56. The van der Waals surface area contributed by atoms with Crippen LogP contribution in [-0.2, 0) is 4.79 Å². The van der Waals surface area contributed by atoms with Crippen molar-refractivity contribution >= 4 is 11.6 Å². The Labute approximate surface area is 87.5 Å². The lowest BCUT2D eigenvalue weighted by Gasteiger charge is -2.05.